The van der Waals surface area contributed by atoms with E-state index in [0.29, 0.717) is 6.54 Å². The van der Waals surface area contributed by atoms with Crippen molar-refractivity contribution in [2.24, 2.45) is 17.8 Å². The predicted octanol–water partition coefficient (Wildman–Crippen LogP) is 5.44. The second-order valence-corrected chi connectivity index (χ2v) is 9.85. The van der Waals surface area contributed by atoms with Crippen molar-refractivity contribution in [2.45, 2.75) is 91.9 Å². The van der Waals surface area contributed by atoms with E-state index in [9.17, 15) is 29.7 Å². The van der Waals surface area contributed by atoms with Gasteiger partial charge in [-0.1, -0.05) is 44.8 Å². The molecule has 0 saturated heterocycles. The molecule has 7 heteroatoms. The van der Waals surface area contributed by atoms with E-state index in [0.717, 1.165) is 32.1 Å². The lowest BCUT2D eigenvalue weighted by molar-refractivity contribution is -0.934. The number of quaternary nitrogens is 1. The third-order valence-corrected chi connectivity index (χ3v) is 6.39. The zero-order valence-corrected chi connectivity index (χ0v) is 21.3. The highest BCUT2D eigenvalue weighted by Gasteiger charge is 2.38. The molecule has 0 spiro atoms. The van der Waals surface area contributed by atoms with Crippen LogP contribution in [0.25, 0.3) is 0 Å². The Morgan fingerprint density at radius 1 is 0.636 bits per heavy atom. The molecule has 3 unspecified atom stereocenters. The smallest absolute Gasteiger partial charge is 0.311 e. The monoisotopic (exact) mass is 470 g/mol. The lowest BCUT2D eigenvalue weighted by Crippen LogP contribution is -2.57. The summed E-state index contributed by atoms with van der Waals surface area (Å²) in [6.45, 7) is 8.36. The quantitative estimate of drug-likeness (QED) is 0.117. The number of unbranched alkanes of at least 4 members (excludes halogenated alkanes) is 8. The Morgan fingerprint density at radius 2 is 1.00 bits per heavy atom. The van der Waals surface area contributed by atoms with E-state index in [1.54, 1.807) is 20.8 Å². The van der Waals surface area contributed by atoms with Crippen LogP contribution in [0.5, 0.6) is 0 Å². The minimum Gasteiger partial charge on any atom is -0.481 e. The van der Waals surface area contributed by atoms with Crippen LogP contribution in [-0.4, -0.2) is 63.9 Å². The number of carboxylic acid groups (broad SMARTS) is 3. The van der Waals surface area contributed by atoms with Crippen LogP contribution >= 0.6 is 0 Å². The zero-order chi connectivity index (χ0) is 25.3. The van der Waals surface area contributed by atoms with E-state index >= 15 is 0 Å². The van der Waals surface area contributed by atoms with Gasteiger partial charge in [-0.05, 0) is 59.3 Å². The zero-order valence-electron chi connectivity index (χ0n) is 21.3. The summed E-state index contributed by atoms with van der Waals surface area (Å²) < 4.78 is 0.210. The normalized spacial score (nSPS) is 16.2. The number of aliphatic carboxylic acids is 3. The lowest BCUT2D eigenvalue weighted by atomic mass is 10.0. The molecular weight excluding hydrogens is 422 g/mol. The summed E-state index contributed by atoms with van der Waals surface area (Å²) in [7, 11) is 0. The summed E-state index contributed by atoms with van der Waals surface area (Å²) >= 11 is 0. The molecule has 0 aliphatic carbocycles. The van der Waals surface area contributed by atoms with Crippen molar-refractivity contribution in [1.82, 2.24) is 0 Å². The van der Waals surface area contributed by atoms with Crippen LogP contribution in [0.15, 0.2) is 12.2 Å². The molecule has 192 valence electrons. The number of hydrogen-bond donors (Lipinski definition) is 3. The number of carbonyl (C=O) groups is 3. The molecule has 0 fully saturated rings. The highest BCUT2D eigenvalue weighted by atomic mass is 16.4. The number of nitrogens with zero attached hydrogens (tertiary/aromatic N) is 1. The van der Waals surface area contributed by atoms with Crippen LogP contribution < -0.4 is 0 Å². The highest BCUT2D eigenvalue weighted by molar-refractivity contribution is 5.70. The van der Waals surface area contributed by atoms with Gasteiger partial charge in [0.25, 0.3) is 0 Å². The van der Waals surface area contributed by atoms with Gasteiger partial charge < -0.3 is 19.8 Å². The number of hydrogen-bond acceptors (Lipinski definition) is 3. The lowest BCUT2D eigenvalue weighted by Gasteiger charge is -2.42. The summed E-state index contributed by atoms with van der Waals surface area (Å²) in [5.74, 6) is -4.85. The van der Waals surface area contributed by atoms with Gasteiger partial charge in [-0.3, -0.25) is 14.4 Å². The Hall–Kier alpha value is -1.89. The van der Waals surface area contributed by atoms with Crippen molar-refractivity contribution >= 4 is 17.9 Å². The molecule has 0 aromatic heterocycles. The van der Waals surface area contributed by atoms with Crippen molar-refractivity contribution < 1.29 is 34.2 Å². The van der Waals surface area contributed by atoms with Gasteiger partial charge in [0, 0.05) is 0 Å². The molecular formula is C26H48NO6+. The molecule has 0 aromatic carbocycles. The topological polar surface area (TPSA) is 112 Å². The Bertz CT molecular complexity index is 549. The van der Waals surface area contributed by atoms with Crippen molar-refractivity contribution in [3.63, 3.8) is 0 Å². The molecule has 0 aliphatic rings. The Labute approximate surface area is 200 Å². The number of rotatable bonds is 21. The fraction of sp³-hybridized carbons (Fsp3) is 0.808. The molecule has 0 heterocycles. The van der Waals surface area contributed by atoms with Gasteiger partial charge >= 0.3 is 17.9 Å². The van der Waals surface area contributed by atoms with E-state index < -0.39 is 35.7 Å². The van der Waals surface area contributed by atoms with Crippen molar-refractivity contribution in [1.29, 1.82) is 0 Å². The van der Waals surface area contributed by atoms with E-state index in [1.165, 1.54) is 32.1 Å². The summed E-state index contributed by atoms with van der Waals surface area (Å²) in [5, 5.41) is 28.4. The molecule has 3 atom stereocenters. The first-order chi connectivity index (χ1) is 15.5. The number of allylic oxidation sites excluding steroid dienone is 2. The van der Waals surface area contributed by atoms with Crippen LogP contribution in [0.3, 0.4) is 0 Å². The fourth-order valence-electron chi connectivity index (χ4n) is 4.46. The van der Waals surface area contributed by atoms with Crippen molar-refractivity contribution in [3.8, 4) is 0 Å². The van der Waals surface area contributed by atoms with Gasteiger partial charge in [-0.2, -0.15) is 0 Å². The maximum absolute atomic E-state index is 11.5. The Morgan fingerprint density at radius 3 is 1.36 bits per heavy atom. The summed E-state index contributed by atoms with van der Waals surface area (Å²) in [4.78, 5) is 34.6. The van der Waals surface area contributed by atoms with Gasteiger partial charge in [0.15, 0.2) is 0 Å². The first-order valence-corrected chi connectivity index (χ1v) is 12.7. The molecule has 7 nitrogen and oxygen atoms in total. The standard InChI is InChI=1S/C26H47NO6/c1-5-6-7-8-9-10-11-12-13-14-15-16-17-27(18-21(2)24(28)29,19-22(3)25(30)31)20-23(4)26(32)33/h11-12,21-23H,5-10,13-20H2,1-4H3,(H2-,28,29,30,31,32,33)/p+1/b12-11+. The second kappa shape index (κ2) is 17.6. The average molecular weight is 471 g/mol. The van der Waals surface area contributed by atoms with Crippen molar-refractivity contribution in [2.75, 3.05) is 26.2 Å². The first-order valence-electron chi connectivity index (χ1n) is 12.7. The fourth-order valence-corrected chi connectivity index (χ4v) is 4.46. The SMILES string of the molecule is CCCCCCC/C=C/CCCCC[N+](CC(C)C(=O)O)(CC(C)C(=O)O)CC(C)C(=O)O. The first kappa shape index (κ1) is 31.1. The Balaban J connectivity index is 4.90. The molecule has 3 N–H and O–H groups in total. The summed E-state index contributed by atoms with van der Waals surface area (Å²) in [5.41, 5.74) is 0. The van der Waals surface area contributed by atoms with Gasteiger partial charge in [-0.15, -0.1) is 0 Å². The molecule has 0 aliphatic heterocycles. The van der Waals surface area contributed by atoms with Crippen LogP contribution in [0.4, 0.5) is 0 Å². The third kappa shape index (κ3) is 14.8. The summed E-state index contributed by atoms with van der Waals surface area (Å²) in [6, 6.07) is 0. The van der Waals surface area contributed by atoms with Crippen molar-refractivity contribution in [3.05, 3.63) is 12.2 Å². The van der Waals surface area contributed by atoms with Crippen LogP contribution in [0.1, 0.15) is 91.9 Å². The molecule has 0 rings (SSSR count). The van der Waals surface area contributed by atoms with Gasteiger partial charge in [-0.25, -0.2) is 0 Å². The Kier molecular flexibility index (Phi) is 16.6. The average Bonchev–Trinajstić information content (AvgIpc) is 2.74. The molecule has 0 amide bonds. The molecule has 0 bridgehead atoms. The minimum atomic E-state index is -0.941. The van der Waals surface area contributed by atoms with Crippen LogP contribution in [-0.2, 0) is 14.4 Å². The minimum absolute atomic E-state index is 0.210. The highest BCUT2D eigenvalue weighted by Crippen LogP contribution is 2.22. The maximum atomic E-state index is 11.5. The largest absolute Gasteiger partial charge is 0.481 e. The van der Waals surface area contributed by atoms with E-state index in [2.05, 4.69) is 19.1 Å². The third-order valence-electron chi connectivity index (χ3n) is 6.39. The van der Waals surface area contributed by atoms with Gasteiger partial charge in [0.05, 0.1) is 26.2 Å². The predicted molar refractivity (Wildman–Crippen MR) is 131 cm³/mol. The van der Waals surface area contributed by atoms with Crippen LogP contribution in [0, 0.1) is 17.8 Å². The maximum Gasteiger partial charge on any atom is 0.311 e. The molecule has 0 saturated carbocycles. The molecule has 0 radical (unpaired) electrons. The van der Waals surface area contributed by atoms with E-state index in [1.807, 2.05) is 0 Å². The second-order valence-electron chi connectivity index (χ2n) is 9.85. The summed E-state index contributed by atoms with van der Waals surface area (Å²) in [6.07, 6.45) is 15.8. The van der Waals surface area contributed by atoms with Gasteiger partial charge in [0.2, 0.25) is 0 Å². The van der Waals surface area contributed by atoms with Gasteiger partial charge in [0.1, 0.15) is 17.8 Å². The van der Waals surface area contributed by atoms with E-state index in [-0.39, 0.29) is 24.1 Å². The van der Waals surface area contributed by atoms with E-state index in [4.69, 9.17) is 0 Å². The molecule has 33 heavy (non-hydrogen) atoms. The number of carboxylic acids is 3. The van der Waals surface area contributed by atoms with Crippen LogP contribution in [0.2, 0.25) is 0 Å². The molecule has 0 aromatic rings.